The number of ether oxygens (including phenoxy) is 3. The van der Waals surface area contributed by atoms with Crippen molar-refractivity contribution < 1.29 is 28.9 Å². The Hall–Kier alpha value is -4.11. The van der Waals surface area contributed by atoms with Crippen molar-refractivity contribution in [3.05, 3.63) is 87.2 Å². The third-order valence-electron chi connectivity index (χ3n) is 6.09. The Labute approximate surface area is 229 Å². The molecule has 0 saturated carbocycles. The summed E-state index contributed by atoms with van der Waals surface area (Å²) in [5.74, 6) is -0.320. The Balaban J connectivity index is 1.68. The molecule has 196 valence electrons. The molecule has 0 atom stereocenters. The summed E-state index contributed by atoms with van der Waals surface area (Å²) < 4.78 is 17.1. The van der Waals surface area contributed by atoms with Crippen LogP contribution in [-0.2, 0) is 16.1 Å². The lowest BCUT2D eigenvalue weighted by molar-refractivity contribution is -0.139. The number of aliphatic carboxylic acids is 1. The Bertz CT molecular complexity index is 1410. The molecule has 0 saturated heterocycles. The maximum atomic E-state index is 12.9. The van der Waals surface area contributed by atoms with Crippen LogP contribution in [0.5, 0.6) is 17.2 Å². The first-order valence-electron chi connectivity index (χ1n) is 11.8. The minimum atomic E-state index is -1.11. The molecule has 0 unspecified atom stereocenters. The predicted molar refractivity (Wildman–Crippen MR) is 148 cm³/mol. The van der Waals surface area contributed by atoms with E-state index in [1.165, 1.54) is 14.2 Å². The van der Waals surface area contributed by atoms with E-state index in [0.717, 1.165) is 43.6 Å². The van der Waals surface area contributed by atoms with Crippen LogP contribution in [0.4, 0.5) is 0 Å². The van der Waals surface area contributed by atoms with Crippen LogP contribution in [0, 0.1) is 0 Å². The van der Waals surface area contributed by atoms with Gasteiger partial charge in [-0.2, -0.15) is 0 Å². The van der Waals surface area contributed by atoms with Gasteiger partial charge in [0.15, 0.2) is 18.1 Å². The van der Waals surface area contributed by atoms with Crippen LogP contribution in [0.15, 0.2) is 64.8 Å². The third kappa shape index (κ3) is 6.06. The number of carbonyl (C=O) groups is 2. The number of nitrogens with one attached hydrogen (secondary N) is 1. The van der Waals surface area contributed by atoms with E-state index in [2.05, 4.69) is 26.2 Å². The maximum absolute atomic E-state index is 12.9. The fraction of sp³-hybridized carbons (Fsp3) is 0.207. The van der Waals surface area contributed by atoms with Crippen LogP contribution in [0.1, 0.15) is 35.7 Å². The first kappa shape index (κ1) is 26.9. The molecule has 1 aliphatic carbocycles. The minimum absolute atomic E-state index is 0.0846. The summed E-state index contributed by atoms with van der Waals surface area (Å²) in [5, 5.41) is 12.0. The van der Waals surface area contributed by atoms with E-state index in [1.54, 1.807) is 18.3 Å². The van der Waals surface area contributed by atoms with E-state index < -0.39 is 12.6 Å². The highest BCUT2D eigenvalue weighted by Gasteiger charge is 2.27. The molecule has 1 aromatic heterocycles. The van der Waals surface area contributed by atoms with Gasteiger partial charge >= 0.3 is 5.97 Å². The number of halogens is 1. The molecule has 4 rings (SSSR count). The summed E-state index contributed by atoms with van der Waals surface area (Å²) in [7, 11) is 2.95. The molecule has 1 amide bonds. The van der Waals surface area contributed by atoms with Crippen molar-refractivity contribution in [2.45, 2.75) is 19.9 Å². The van der Waals surface area contributed by atoms with E-state index >= 15 is 0 Å². The van der Waals surface area contributed by atoms with E-state index in [4.69, 9.17) is 19.3 Å². The van der Waals surface area contributed by atoms with Gasteiger partial charge in [0, 0.05) is 28.4 Å². The molecular formula is C29H27BrN2O6. The molecule has 0 spiro atoms. The summed E-state index contributed by atoms with van der Waals surface area (Å²) in [6.07, 6.45) is 3.87. The Morgan fingerprint density at radius 1 is 1.08 bits per heavy atom. The summed E-state index contributed by atoms with van der Waals surface area (Å²) in [6.45, 7) is 1.89. The molecule has 3 aromatic rings. The van der Waals surface area contributed by atoms with Crippen molar-refractivity contribution in [3.8, 4) is 17.2 Å². The monoisotopic (exact) mass is 578 g/mol. The topological polar surface area (TPSA) is 107 Å². The van der Waals surface area contributed by atoms with E-state index in [-0.39, 0.29) is 18.1 Å². The lowest BCUT2D eigenvalue weighted by Gasteiger charge is -2.14. The lowest BCUT2D eigenvalue weighted by atomic mass is 10.0. The third-order valence-corrected chi connectivity index (χ3v) is 6.53. The van der Waals surface area contributed by atoms with Crippen molar-refractivity contribution >= 4 is 45.0 Å². The molecule has 1 heterocycles. The van der Waals surface area contributed by atoms with E-state index in [1.807, 2.05) is 49.4 Å². The quantitative estimate of drug-likeness (QED) is 0.333. The van der Waals surface area contributed by atoms with E-state index in [9.17, 15) is 9.59 Å². The Morgan fingerprint density at radius 3 is 2.39 bits per heavy atom. The molecule has 0 aliphatic heterocycles. The Morgan fingerprint density at radius 2 is 1.76 bits per heavy atom. The first-order chi connectivity index (χ1) is 18.3. The van der Waals surface area contributed by atoms with Crippen LogP contribution in [0.25, 0.3) is 17.2 Å². The molecule has 8 nitrogen and oxygen atoms in total. The molecular weight excluding hydrogens is 552 g/mol. The highest BCUT2D eigenvalue weighted by molar-refractivity contribution is 9.10. The van der Waals surface area contributed by atoms with Crippen LogP contribution in [0.2, 0.25) is 0 Å². The summed E-state index contributed by atoms with van der Waals surface area (Å²) in [4.78, 5) is 28.6. The number of carbonyl (C=O) groups excluding carboxylic acids is 1. The van der Waals surface area contributed by atoms with Gasteiger partial charge in [0.1, 0.15) is 0 Å². The van der Waals surface area contributed by atoms with Crippen LogP contribution < -0.4 is 19.5 Å². The fourth-order valence-electron chi connectivity index (χ4n) is 4.28. The van der Waals surface area contributed by atoms with Crippen molar-refractivity contribution in [2.24, 2.45) is 0 Å². The number of hydrogen-bond acceptors (Lipinski definition) is 6. The van der Waals surface area contributed by atoms with Gasteiger partial charge in [0.2, 0.25) is 11.7 Å². The van der Waals surface area contributed by atoms with E-state index in [0.29, 0.717) is 18.0 Å². The molecule has 2 N–H and O–H groups in total. The second-order valence-corrected chi connectivity index (χ2v) is 9.50. The van der Waals surface area contributed by atoms with Crippen LogP contribution >= 0.6 is 15.9 Å². The maximum Gasteiger partial charge on any atom is 0.341 e. The van der Waals surface area contributed by atoms with Gasteiger partial charge < -0.3 is 24.6 Å². The molecule has 0 radical (unpaired) electrons. The zero-order valence-electron chi connectivity index (χ0n) is 21.2. The van der Waals surface area contributed by atoms with Crippen molar-refractivity contribution in [3.63, 3.8) is 0 Å². The van der Waals surface area contributed by atoms with Crippen molar-refractivity contribution in [2.75, 3.05) is 20.8 Å². The van der Waals surface area contributed by atoms with Crippen LogP contribution in [-0.4, -0.2) is 42.8 Å². The number of hydrogen-bond donors (Lipinski definition) is 2. The minimum Gasteiger partial charge on any atom is -0.493 e. The number of pyridine rings is 1. The normalized spacial score (nSPS) is 13.3. The second-order valence-electron chi connectivity index (χ2n) is 8.59. The predicted octanol–water partition coefficient (Wildman–Crippen LogP) is 5.36. The van der Waals surface area contributed by atoms with Gasteiger partial charge in [-0.3, -0.25) is 9.78 Å². The smallest absolute Gasteiger partial charge is 0.341 e. The van der Waals surface area contributed by atoms with Gasteiger partial charge in [-0.15, -0.1) is 0 Å². The molecule has 0 bridgehead atoms. The number of amides is 1. The largest absolute Gasteiger partial charge is 0.493 e. The first-order valence-corrected chi connectivity index (χ1v) is 12.6. The molecule has 1 aliphatic rings. The number of methoxy groups -OCH3 is 2. The lowest BCUT2D eigenvalue weighted by Crippen LogP contribution is -2.22. The molecule has 9 heteroatoms. The Kier molecular flexibility index (Phi) is 8.48. The second kappa shape index (κ2) is 12.0. The molecule has 38 heavy (non-hydrogen) atoms. The molecule has 0 fully saturated rings. The van der Waals surface area contributed by atoms with Gasteiger partial charge in [-0.25, -0.2) is 4.79 Å². The number of allylic oxidation sites excluding steroid dienone is 2. The number of nitrogens with zero attached hydrogens (tertiary/aromatic N) is 1. The average Bonchev–Trinajstić information content (AvgIpc) is 3.16. The van der Waals surface area contributed by atoms with Gasteiger partial charge in [0.05, 0.1) is 26.3 Å². The standard InChI is InChI=1S/C29H27BrN2O6/c1-17-21(13-26(33)31-14-18-7-5-4-6-8-18)23-12-20(30)15-32-28(23)22(17)9-19-10-24(36-2)29(25(11-19)37-3)38-16-27(34)35/h4-12,15H,13-14,16H2,1-3H3,(H,31,33)(H,34,35). The van der Waals surface area contributed by atoms with Gasteiger partial charge in [-0.05, 0) is 69.4 Å². The summed E-state index contributed by atoms with van der Waals surface area (Å²) >= 11 is 3.50. The van der Waals surface area contributed by atoms with Crippen molar-refractivity contribution in [1.82, 2.24) is 10.3 Å². The zero-order chi connectivity index (χ0) is 27.2. The highest BCUT2D eigenvalue weighted by Crippen LogP contribution is 2.45. The number of carboxylic acid groups (broad SMARTS) is 1. The number of rotatable bonds is 10. The van der Waals surface area contributed by atoms with Crippen LogP contribution in [0.3, 0.4) is 0 Å². The number of fused-ring (bicyclic) bond motifs is 1. The number of aromatic nitrogens is 1. The average molecular weight is 579 g/mol. The molecule has 2 aromatic carbocycles. The van der Waals surface area contributed by atoms with Crippen molar-refractivity contribution in [1.29, 1.82) is 0 Å². The summed E-state index contributed by atoms with van der Waals surface area (Å²) in [6, 6.07) is 15.2. The number of carboxylic acids is 1. The van der Waals surface area contributed by atoms with Gasteiger partial charge in [-0.1, -0.05) is 30.3 Å². The summed E-state index contributed by atoms with van der Waals surface area (Å²) in [5.41, 5.74) is 6.11. The fourth-order valence-corrected chi connectivity index (χ4v) is 4.61. The number of benzene rings is 2. The highest BCUT2D eigenvalue weighted by atomic mass is 79.9. The zero-order valence-corrected chi connectivity index (χ0v) is 22.8. The SMILES string of the molecule is COc1cc(C=C2C(C)=C(CC(=O)NCc3ccccc3)c3cc(Br)cnc32)cc(OC)c1OCC(=O)O. The van der Waals surface area contributed by atoms with Gasteiger partial charge in [0.25, 0.3) is 0 Å².